The summed E-state index contributed by atoms with van der Waals surface area (Å²) >= 11 is 5.92. The molecular formula is C12H17ClFN. The second-order valence-corrected chi connectivity index (χ2v) is 4.14. The predicted octanol–water partition coefficient (Wildman–Crippen LogP) is 4.06. The third kappa shape index (κ3) is 3.47. The van der Waals surface area contributed by atoms with E-state index in [0.717, 1.165) is 25.7 Å². The van der Waals surface area contributed by atoms with E-state index in [1.807, 2.05) is 0 Å². The number of nitrogens with two attached hydrogens (primary N) is 1. The van der Waals surface area contributed by atoms with E-state index in [9.17, 15) is 4.39 Å². The minimum atomic E-state index is -0.300. The molecule has 0 spiro atoms. The van der Waals surface area contributed by atoms with E-state index >= 15 is 0 Å². The summed E-state index contributed by atoms with van der Waals surface area (Å²) in [5.74, 6) is -0.300. The van der Waals surface area contributed by atoms with Crippen molar-refractivity contribution < 1.29 is 4.39 Å². The number of hydrogen-bond donors (Lipinski definition) is 1. The first-order chi connectivity index (χ1) is 7.16. The van der Waals surface area contributed by atoms with E-state index in [4.69, 9.17) is 17.3 Å². The minimum absolute atomic E-state index is 0.287. The standard InChI is InChI=1S/C12H17ClFN/c1-2-3-4-8-11(15)12-9(13)6-5-7-10(12)14/h5-7,11H,2-4,8,15H2,1H3/t11-/m0/s1. The molecule has 0 unspecified atom stereocenters. The lowest BCUT2D eigenvalue weighted by Gasteiger charge is -2.14. The summed E-state index contributed by atoms with van der Waals surface area (Å²) in [6.07, 6.45) is 4.06. The summed E-state index contributed by atoms with van der Waals surface area (Å²) in [7, 11) is 0. The van der Waals surface area contributed by atoms with E-state index in [1.165, 1.54) is 6.07 Å². The molecule has 2 N–H and O–H groups in total. The molecule has 0 heterocycles. The van der Waals surface area contributed by atoms with E-state index in [1.54, 1.807) is 12.1 Å². The average Bonchev–Trinajstić information content (AvgIpc) is 2.18. The molecular weight excluding hydrogens is 213 g/mol. The van der Waals surface area contributed by atoms with Crippen molar-refractivity contribution >= 4 is 11.6 Å². The van der Waals surface area contributed by atoms with Gasteiger partial charge in [-0.15, -0.1) is 0 Å². The number of hydrogen-bond acceptors (Lipinski definition) is 1. The van der Waals surface area contributed by atoms with Gasteiger partial charge in [0.05, 0.1) is 0 Å². The third-order valence-corrected chi connectivity index (χ3v) is 2.82. The van der Waals surface area contributed by atoms with Crippen LogP contribution in [0.25, 0.3) is 0 Å². The zero-order valence-corrected chi connectivity index (χ0v) is 9.73. The van der Waals surface area contributed by atoms with Crippen molar-refractivity contribution in [2.75, 3.05) is 0 Å². The Kier molecular flexibility index (Phi) is 5.06. The smallest absolute Gasteiger partial charge is 0.129 e. The first-order valence-corrected chi connectivity index (χ1v) is 5.74. The highest BCUT2D eigenvalue weighted by Gasteiger charge is 2.14. The molecule has 1 aromatic carbocycles. The first-order valence-electron chi connectivity index (χ1n) is 5.36. The molecule has 0 aliphatic carbocycles. The monoisotopic (exact) mass is 229 g/mol. The van der Waals surface area contributed by atoms with Gasteiger partial charge in [-0.05, 0) is 18.6 Å². The van der Waals surface area contributed by atoms with Crippen molar-refractivity contribution in [1.82, 2.24) is 0 Å². The Hall–Kier alpha value is -0.600. The largest absolute Gasteiger partial charge is 0.324 e. The highest BCUT2D eigenvalue weighted by atomic mass is 35.5. The van der Waals surface area contributed by atoms with Crippen LogP contribution in [0, 0.1) is 5.82 Å². The Morgan fingerprint density at radius 3 is 2.73 bits per heavy atom. The normalized spacial score (nSPS) is 12.8. The molecule has 1 nitrogen and oxygen atoms in total. The summed E-state index contributed by atoms with van der Waals surface area (Å²) in [4.78, 5) is 0. The molecule has 0 saturated heterocycles. The molecule has 84 valence electrons. The van der Waals surface area contributed by atoms with Crippen LogP contribution in [0.2, 0.25) is 5.02 Å². The van der Waals surface area contributed by atoms with Crippen molar-refractivity contribution in [1.29, 1.82) is 0 Å². The van der Waals surface area contributed by atoms with Gasteiger partial charge >= 0.3 is 0 Å². The maximum Gasteiger partial charge on any atom is 0.129 e. The predicted molar refractivity (Wildman–Crippen MR) is 62.5 cm³/mol. The topological polar surface area (TPSA) is 26.0 Å². The Labute approximate surface area is 95.4 Å². The number of benzene rings is 1. The van der Waals surface area contributed by atoms with Gasteiger partial charge in [0, 0.05) is 16.6 Å². The quantitative estimate of drug-likeness (QED) is 0.758. The molecule has 0 aliphatic rings. The fourth-order valence-corrected chi connectivity index (χ4v) is 1.93. The van der Waals surface area contributed by atoms with Crippen LogP contribution >= 0.6 is 11.6 Å². The summed E-state index contributed by atoms with van der Waals surface area (Å²) in [5, 5.41) is 0.430. The maximum absolute atomic E-state index is 13.4. The van der Waals surface area contributed by atoms with Gasteiger partial charge < -0.3 is 5.73 Å². The first kappa shape index (κ1) is 12.5. The van der Waals surface area contributed by atoms with E-state index < -0.39 is 0 Å². The molecule has 0 aliphatic heterocycles. The zero-order valence-electron chi connectivity index (χ0n) is 8.97. The third-order valence-electron chi connectivity index (χ3n) is 2.49. The van der Waals surface area contributed by atoms with E-state index in [2.05, 4.69) is 6.92 Å². The molecule has 1 atom stereocenters. The highest BCUT2D eigenvalue weighted by molar-refractivity contribution is 6.31. The van der Waals surface area contributed by atoms with Crippen LogP contribution in [0.15, 0.2) is 18.2 Å². The van der Waals surface area contributed by atoms with E-state index in [0.29, 0.717) is 10.6 Å². The van der Waals surface area contributed by atoms with Gasteiger partial charge in [-0.25, -0.2) is 4.39 Å². The van der Waals surface area contributed by atoms with Crippen molar-refractivity contribution in [2.45, 2.75) is 38.6 Å². The lowest BCUT2D eigenvalue weighted by atomic mass is 10.0. The molecule has 3 heteroatoms. The van der Waals surface area contributed by atoms with Gasteiger partial charge in [0.25, 0.3) is 0 Å². The second kappa shape index (κ2) is 6.09. The fourth-order valence-electron chi connectivity index (χ4n) is 1.62. The molecule has 1 rings (SSSR count). The Morgan fingerprint density at radius 2 is 2.13 bits per heavy atom. The van der Waals surface area contributed by atoms with Crippen LogP contribution in [0.1, 0.15) is 44.2 Å². The van der Waals surface area contributed by atoms with Crippen molar-refractivity contribution in [3.63, 3.8) is 0 Å². The lowest BCUT2D eigenvalue weighted by Crippen LogP contribution is -2.12. The number of halogens is 2. The lowest BCUT2D eigenvalue weighted by molar-refractivity contribution is 0.539. The molecule has 0 fully saturated rings. The van der Waals surface area contributed by atoms with Gasteiger partial charge in [0.15, 0.2) is 0 Å². The molecule has 15 heavy (non-hydrogen) atoms. The van der Waals surface area contributed by atoms with Crippen LogP contribution in [-0.2, 0) is 0 Å². The Bertz CT molecular complexity index is 294. The molecule has 0 amide bonds. The molecule has 0 bridgehead atoms. The Morgan fingerprint density at radius 1 is 1.40 bits per heavy atom. The molecule has 1 aromatic rings. The van der Waals surface area contributed by atoms with Crippen LogP contribution in [0.3, 0.4) is 0 Å². The van der Waals surface area contributed by atoms with Gasteiger partial charge in [-0.3, -0.25) is 0 Å². The minimum Gasteiger partial charge on any atom is -0.324 e. The van der Waals surface area contributed by atoms with Gasteiger partial charge in [0.2, 0.25) is 0 Å². The van der Waals surface area contributed by atoms with Crippen LogP contribution in [0.4, 0.5) is 4.39 Å². The SMILES string of the molecule is CCCCC[C@H](N)c1c(F)cccc1Cl. The number of unbranched alkanes of at least 4 members (excludes halogenated alkanes) is 2. The molecule has 0 aromatic heterocycles. The van der Waals surface area contributed by atoms with Crippen molar-refractivity contribution in [3.8, 4) is 0 Å². The summed E-state index contributed by atoms with van der Waals surface area (Å²) in [6, 6.07) is 4.39. The average molecular weight is 230 g/mol. The van der Waals surface area contributed by atoms with Gasteiger partial charge in [-0.2, -0.15) is 0 Å². The number of rotatable bonds is 5. The van der Waals surface area contributed by atoms with Crippen LogP contribution in [0.5, 0.6) is 0 Å². The second-order valence-electron chi connectivity index (χ2n) is 3.74. The molecule has 0 saturated carbocycles. The van der Waals surface area contributed by atoms with Gasteiger partial charge in [0.1, 0.15) is 5.82 Å². The van der Waals surface area contributed by atoms with Crippen molar-refractivity contribution in [2.24, 2.45) is 5.73 Å². The summed E-state index contributed by atoms with van der Waals surface area (Å²) in [6.45, 7) is 2.13. The maximum atomic E-state index is 13.4. The van der Waals surface area contributed by atoms with Gasteiger partial charge in [-0.1, -0.05) is 43.9 Å². The highest BCUT2D eigenvalue weighted by Crippen LogP contribution is 2.27. The summed E-state index contributed by atoms with van der Waals surface area (Å²) in [5.41, 5.74) is 6.37. The fraction of sp³-hybridized carbons (Fsp3) is 0.500. The summed E-state index contributed by atoms with van der Waals surface area (Å²) < 4.78 is 13.4. The Balaban J connectivity index is 2.68. The molecule has 0 radical (unpaired) electrons. The zero-order chi connectivity index (χ0) is 11.3. The van der Waals surface area contributed by atoms with Crippen LogP contribution < -0.4 is 5.73 Å². The van der Waals surface area contributed by atoms with Crippen molar-refractivity contribution in [3.05, 3.63) is 34.6 Å². The van der Waals surface area contributed by atoms with Crippen LogP contribution in [-0.4, -0.2) is 0 Å². The van der Waals surface area contributed by atoms with E-state index in [-0.39, 0.29) is 11.9 Å².